The Balaban J connectivity index is 3.03. The van der Waals surface area contributed by atoms with Crippen molar-refractivity contribution in [3.63, 3.8) is 0 Å². The van der Waals surface area contributed by atoms with E-state index in [1.807, 2.05) is 0 Å². The van der Waals surface area contributed by atoms with Gasteiger partial charge in [-0.25, -0.2) is 0 Å². The Morgan fingerprint density at radius 1 is 1.36 bits per heavy atom. The molecule has 0 fully saturated rings. The minimum Gasteiger partial charge on any atom is -0.270 e. The molecule has 1 N–H and O–H groups in total. The molecule has 1 unspecified atom stereocenters. The molecule has 0 amide bonds. The molecule has 0 saturated heterocycles. The van der Waals surface area contributed by atoms with Crippen LogP contribution in [0.15, 0.2) is 30.6 Å². The zero-order valence-corrected chi connectivity index (χ0v) is 6.94. The molecule has 1 rings (SSSR count). The summed E-state index contributed by atoms with van der Waals surface area (Å²) in [5.74, 6) is 0. The molecule has 0 aliphatic rings. The second kappa shape index (κ2) is 3.13. The molecule has 1 heterocycles. The van der Waals surface area contributed by atoms with E-state index in [-0.39, 0.29) is 0 Å². The maximum absolute atomic E-state index is 11.1. The van der Waals surface area contributed by atoms with E-state index in [4.69, 9.17) is 4.89 Å². The van der Waals surface area contributed by atoms with Gasteiger partial charge in [0.1, 0.15) is 0 Å². The molecule has 1 aromatic heterocycles. The molecule has 5 heteroatoms. The van der Waals surface area contributed by atoms with E-state index in [1.165, 1.54) is 19.5 Å². The van der Waals surface area contributed by atoms with E-state index < -0.39 is 7.75 Å². The first kappa shape index (κ1) is 8.40. The first-order valence-electron chi connectivity index (χ1n) is 3.02. The summed E-state index contributed by atoms with van der Waals surface area (Å²) in [5.41, 5.74) is 0. The highest BCUT2D eigenvalue weighted by Gasteiger charge is 2.29. The van der Waals surface area contributed by atoms with Gasteiger partial charge in [-0.2, -0.15) is 4.57 Å². The third-order valence-electron chi connectivity index (χ3n) is 1.23. The van der Waals surface area contributed by atoms with Crippen molar-refractivity contribution in [3.8, 4) is 0 Å². The van der Waals surface area contributed by atoms with Crippen LogP contribution in [0, 0.1) is 0 Å². The van der Waals surface area contributed by atoms with Crippen LogP contribution in [0.2, 0.25) is 0 Å². The van der Waals surface area contributed by atoms with Gasteiger partial charge in [0.25, 0.3) is 0 Å². The zero-order chi connectivity index (χ0) is 8.32. The van der Waals surface area contributed by atoms with E-state index in [1.54, 1.807) is 18.2 Å². The molecule has 0 aliphatic heterocycles. The second-order valence-electron chi connectivity index (χ2n) is 1.93. The minimum atomic E-state index is -3.61. The molecule has 0 radical (unpaired) electrons. The summed E-state index contributed by atoms with van der Waals surface area (Å²) >= 11 is 0. The Kier molecular flexibility index (Phi) is 2.39. The average Bonchev–Trinajstić information content (AvgIpc) is 2.06. The van der Waals surface area contributed by atoms with Crippen LogP contribution in [-0.4, -0.2) is 12.0 Å². The molecule has 60 valence electrons. The molecule has 0 spiro atoms. The van der Waals surface area contributed by atoms with Crippen LogP contribution in [0.1, 0.15) is 0 Å². The largest absolute Gasteiger partial charge is 0.610 e. The summed E-state index contributed by atoms with van der Waals surface area (Å²) < 4.78 is 16.6. The molecule has 0 bridgehead atoms. The van der Waals surface area contributed by atoms with Crippen molar-refractivity contribution in [2.75, 3.05) is 7.11 Å². The smallest absolute Gasteiger partial charge is 0.270 e. The van der Waals surface area contributed by atoms with Crippen LogP contribution in [-0.2, 0) is 9.09 Å². The average molecular weight is 174 g/mol. The van der Waals surface area contributed by atoms with Crippen molar-refractivity contribution in [1.82, 2.24) is 0 Å². The lowest BCUT2D eigenvalue weighted by Gasteiger charge is -1.99. The highest BCUT2D eigenvalue weighted by Crippen LogP contribution is 2.33. The standard InChI is InChI=1S/C6H8NO3P/c1-10-11(8,9)7-5-3-2-4-6-7/h2-6H,1H3/p+1. The van der Waals surface area contributed by atoms with Crippen LogP contribution < -0.4 is 4.34 Å². The molecule has 4 nitrogen and oxygen atoms in total. The molecule has 0 aromatic carbocycles. The summed E-state index contributed by atoms with van der Waals surface area (Å²) in [7, 11) is -2.41. The first-order chi connectivity index (χ1) is 5.17. The van der Waals surface area contributed by atoms with Gasteiger partial charge in [0.05, 0.1) is 7.11 Å². The summed E-state index contributed by atoms with van der Waals surface area (Å²) in [4.78, 5) is 9.09. The van der Waals surface area contributed by atoms with Gasteiger partial charge in [-0.3, -0.25) is 9.42 Å². The topological polar surface area (TPSA) is 50.4 Å². The summed E-state index contributed by atoms with van der Waals surface area (Å²) in [6.45, 7) is 0. The van der Waals surface area contributed by atoms with Crippen LogP contribution in [0.3, 0.4) is 0 Å². The van der Waals surface area contributed by atoms with Crippen molar-refractivity contribution >= 4 is 7.75 Å². The van der Waals surface area contributed by atoms with E-state index in [0.29, 0.717) is 0 Å². The summed E-state index contributed by atoms with van der Waals surface area (Å²) in [6.07, 6.45) is 2.95. The van der Waals surface area contributed by atoms with Crippen molar-refractivity contribution < 1.29 is 18.3 Å². The molecule has 1 atom stereocenters. The molecule has 0 aliphatic carbocycles. The molecular formula is C6H9NO3P+. The van der Waals surface area contributed by atoms with Crippen LogP contribution in [0.5, 0.6) is 0 Å². The van der Waals surface area contributed by atoms with E-state index >= 15 is 0 Å². The highest BCUT2D eigenvalue weighted by atomic mass is 31.2. The van der Waals surface area contributed by atoms with Gasteiger partial charge in [0, 0.05) is 12.1 Å². The van der Waals surface area contributed by atoms with Crippen molar-refractivity contribution in [2.45, 2.75) is 0 Å². The quantitative estimate of drug-likeness (QED) is 0.667. The van der Waals surface area contributed by atoms with Crippen LogP contribution in [0.4, 0.5) is 0 Å². The highest BCUT2D eigenvalue weighted by molar-refractivity contribution is 7.45. The third-order valence-corrected chi connectivity index (χ3v) is 2.56. The number of aromatic nitrogens is 1. The lowest BCUT2D eigenvalue weighted by atomic mass is 10.5. The Bertz CT molecular complexity index is 274. The Hall–Kier alpha value is -0.700. The third kappa shape index (κ3) is 1.87. The maximum atomic E-state index is 11.1. The SMILES string of the molecule is COP(=O)(O)[n+]1ccccc1. The summed E-state index contributed by atoms with van der Waals surface area (Å²) in [6, 6.07) is 5.07. The van der Waals surface area contributed by atoms with Crippen LogP contribution >= 0.6 is 7.75 Å². The first-order valence-corrected chi connectivity index (χ1v) is 4.55. The molecular weight excluding hydrogens is 165 g/mol. The summed E-state index contributed by atoms with van der Waals surface area (Å²) in [5, 5.41) is 0. The van der Waals surface area contributed by atoms with Gasteiger partial charge in [-0.05, 0) is 0 Å². The van der Waals surface area contributed by atoms with Crippen molar-refractivity contribution in [1.29, 1.82) is 0 Å². The lowest BCUT2D eigenvalue weighted by molar-refractivity contribution is -0.539. The van der Waals surface area contributed by atoms with E-state index in [9.17, 15) is 4.57 Å². The fourth-order valence-electron chi connectivity index (χ4n) is 0.652. The second-order valence-corrected chi connectivity index (χ2v) is 3.74. The van der Waals surface area contributed by atoms with Gasteiger partial charge in [0.15, 0.2) is 12.4 Å². The Labute approximate surface area is 64.7 Å². The number of hydrogen-bond acceptors (Lipinski definition) is 2. The Morgan fingerprint density at radius 2 is 1.91 bits per heavy atom. The molecule has 1 aromatic rings. The van der Waals surface area contributed by atoms with Crippen molar-refractivity contribution in [2.24, 2.45) is 0 Å². The van der Waals surface area contributed by atoms with Crippen molar-refractivity contribution in [3.05, 3.63) is 30.6 Å². The zero-order valence-electron chi connectivity index (χ0n) is 6.04. The fraction of sp³-hybridized carbons (Fsp3) is 0.167. The van der Waals surface area contributed by atoms with Crippen LogP contribution in [0.25, 0.3) is 0 Å². The lowest BCUT2D eigenvalue weighted by Crippen LogP contribution is -2.29. The monoisotopic (exact) mass is 174 g/mol. The number of hydrogen-bond donors (Lipinski definition) is 1. The normalized spacial score (nSPS) is 15.8. The maximum Gasteiger partial charge on any atom is 0.610 e. The minimum absolute atomic E-state index is 1.13. The van der Waals surface area contributed by atoms with Gasteiger partial charge in [0.2, 0.25) is 0 Å². The van der Waals surface area contributed by atoms with E-state index in [2.05, 4.69) is 4.52 Å². The van der Waals surface area contributed by atoms with E-state index in [0.717, 1.165) is 4.34 Å². The molecule has 11 heavy (non-hydrogen) atoms. The number of rotatable bonds is 2. The fourth-order valence-corrected chi connectivity index (χ4v) is 1.33. The number of pyridine rings is 1. The van der Waals surface area contributed by atoms with Gasteiger partial charge < -0.3 is 0 Å². The predicted molar refractivity (Wildman–Crippen MR) is 38.9 cm³/mol. The predicted octanol–water partition coefficient (Wildman–Crippen LogP) is 0.569. The van der Waals surface area contributed by atoms with Gasteiger partial charge in [-0.15, -0.1) is 4.34 Å². The van der Waals surface area contributed by atoms with Gasteiger partial charge >= 0.3 is 7.75 Å². The number of nitrogens with zero attached hydrogens (tertiary/aromatic N) is 1. The Morgan fingerprint density at radius 3 is 2.36 bits per heavy atom. The van der Waals surface area contributed by atoms with Gasteiger partial charge in [-0.1, -0.05) is 6.07 Å². The molecule has 0 saturated carbocycles.